The van der Waals surface area contributed by atoms with Gasteiger partial charge < -0.3 is 9.15 Å². The fourth-order valence-electron chi connectivity index (χ4n) is 2.41. The lowest BCUT2D eigenvalue weighted by atomic mass is 10.1. The summed E-state index contributed by atoms with van der Waals surface area (Å²) in [6.45, 7) is 3.06. The molecule has 0 aliphatic heterocycles. The first kappa shape index (κ1) is 17.5. The number of hydrogen-bond donors (Lipinski definition) is 0. The van der Waals surface area contributed by atoms with E-state index in [1.54, 1.807) is 19.1 Å². The van der Waals surface area contributed by atoms with E-state index < -0.39 is 23.7 Å². The number of ketones is 1. The molecular weight excluding hydrogens is 337 g/mol. The van der Waals surface area contributed by atoms with Crippen LogP contribution in [0.2, 0.25) is 0 Å². The van der Waals surface area contributed by atoms with Gasteiger partial charge in [-0.3, -0.25) is 4.79 Å². The minimum atomic E-state index is -1.04. The molecular formula is C20H16FNO4. The zero-order valence-electron chi connectivity index (χ0n) is 14.2. The molecule has 0 bridgehead atoms. The number of rotatable bonds is 5. The zero-order chi connectivity index (χ0) is 18.7. The maximum atomic E-state index is 13.0. The van der Waals surface area contributed by atoms with Crippen molar-refractivity contribution >= 4 is 11.8 Å². The summed E-state index contributed by atoms with van der Waals surface area (Å²) in [6, 6.07) is 14.2. The molecule has 132 valence electrons. The van der Waals surface area contributed by atoms with Crippen LogP contribution in [-0.2, 0) is 4.74 Å². The van der Waals surface area contributed by atoms with Crippen LogP contribution >= 0.6 is 0 Å². The summed E-state index contributed by atoms with van der Waals surface area (Å²) in [7, 11) is 0. The van der Waals surface area contributed by atoms with Gasteiger partial charge in [-0.25, -0.2) is 14.2 Å². The van der Waals surface area contributed by atoms with Gasteiger partial charge >= 0.3 is 5.97 Å². The molecule has 26 heavy (non-hydrogen) atoms. The quantitative estimate of drug-likeness (QED) is 0.507. The SMILES string of the molecule is Cc1oc(-c2ccccc2)nc1C(=O)O[C@@H](C)C(=O)c1ccc(F)cc1. The average molecular weight is 353 g/mol. The Kier molecular flexibility index (Phi) is 4.93. The number of nitrogens with zero attached hydrogens (tertiary/aromatic N) is 1. The van der Waals surface area contributed by atoms with Gasteiger partial charge in [-0.1, -0.05) is 18.2 Å². The molecule has 0 saturated carbocycles. The molecule has 0 amide bonds. The highest BCUT2D eigenvalue weighted by Gasteiger charge is 2.25. The van der Waals surface area contributed by atoms with Gasteiger partial charge in [-0.15, -0.1) is 0 Å². The van der Waals surface area contributed by atoms with Crippen molar-refractivity contribution in [2.24, 2.45) is 0 Å². The molecule has 2 aromatic carbocycles. The monoisotopic (exact) mass is 353 g/mol. The Morgan fingerprint density at radius 3 is 2.38 bits per heavy atom. The Morgan fingerprint density at radius 2 is 1.73 bits per heavy atom. The smallest absolute Gasteiger partial charge is 0.361 e. The molecule has 0 N–H and O–H groups in total. The highest BCUT2D eigenvalue weighted by atomic mass is 19.1. The maximum absolute atomic E-state index is 13.0. The second kappa shape index (κ2) is 7.31. The molecule has 1 heterocycles. The van der Waals surface area contributed by atoms with E-state index in [1.807, 2.05) is 18.2 Å². The molecule has 3 rings (SSSR count). The first-order chi connectivity index (χ1) is 12.5. The molecule has 0 aliphatic carbocycles. The first-order valence-electron chi connectivity index (χ1n) is 7.99. The second-order valence-corrected chi connectivity index (χ2v) is 5.71. The lowest BCUT2D eigenvalue weighted by molar-refractivity contribution is 0.0312. The summed E-state index contributed by atoms with van der Waals surface area (Å²) >= 11 is 0. The van der Waals surface area contributed by atoms with Gasteiger partial charge in [0.15, 0.2) is 11.8 Å². The predicted octanol–water partition coefficient (Wildman–Crippen LogP) is 4.22. The fraction of sp³-hybridized carbons (Fsp3) is 0.150. The number of oxazole rings is 1. The lowest BCUT2D eigenvalue weighted by Gasteiger charge is -2.11. The van der Waals surface area contributed by atoms with E-state index in [1.165, 1.54) is 31.2 Å². The third-order valence-electron chi connectivity index (χ3n) is 3.79. The zero-order valence-corrected chi connectivity index (χ0v) is 14.2. The third-order valence-corrected chi connectivity index (χ3v) is 3.79. The molecule has 1 atom stereocenters. The van der Waals surface area contributed by atoms with Crippen LogP contribution in [0.15, 0.2) is 59.0 Å². The van der Waals surface area contributed by atoms with E-state index >= 15 is 0 Å². The first-order valence-corrected chi connectivity index (χ1v) is 7.99. The number of halogens is 1. The predicted molar refractivity (Wildman–Crippen MR) is 92.3 cm³/mol. The van der Waals surface area contributed by atoms with Crippen LogP contribution in [0.1, 0.15) is 33.5 Å². The van der Waals surface area contributed by atoms with Crippen LogP contribution in [0.4, 0.5) is 4.39 Å². The highest BCUT2D eigenvalue weighted by molar-refractivity contribution is 6.01. The highest BCUT2D eigenvalue weighted by Crippen LogP contribution is 2.22. The lowest BCUT2D eigenvalue weighted by Crippen LogP contribution is -2.25. The van der Waals surface area contributed by atoms with Crippen molar-refractivity contribution < 1.29 is 23.1 Å². The summed E-state index contributed by atoms with van der Waals surface area (Å²) in [4.78, 5) is 28.8. The molecule has 0 spiro atoms. The summed E-state index contributed by atoms with van der Waals surface area (Å²) in [5.74, 6) is -1.03. The van der Waals surface area contributed by atoms with Crippen LogP contribution in [0, 0.1) is 12.7 Å². The van der Waals surface area contributed by atoms with E-state index in [2.05, 4.69) is 4.98 Å². The van der Waals surface area contributed by atoms with Crippen molar-refractivity contribution in [3.05, 3.63) is 77.4 Å². The number of ether oxygens (including phenoxy) is 1. The van der Waals surface area contributed by atoms with Crippen LogP contribution in [0.3, 0.4) is 0 Å². The van der Waals surface area contributed by atoms with E-state index in [-0.39, 0.29) is 11.3 Å². The topological polar surface area (TPSA) is 69.4 Å². The van der Waals surface area contributed by atoms with E-state index in [9.17, 15) is 14.0 Å². The molecule has 5 nitrogen and oxygen atoms in total. The summed E-state index contributed by atoms with van der Waals surface area (Å²) in [5.41, 5.74) is 1.00. The Hall–Kier alpha value is -3.28. The molecule has 0 aliphatic rings. The maximum Gasteiger partial charge on any atom is 0.361 e. The Morgan fingerprint density at radius 1 is 1.08 bits per heavy atom. The molecule has 0 saturated heterocycles. The molecule has 0 unspecified atom stereocenters. The fourth-order valence-corrected chi connectivity index (χ4v) is 2.41. The van der Waals surface area contributed by atoms with Gasteiger partial charge in [0.1, 0.15) is 11.6 Å². The van der Waals surface area contributed by atoms with Gasteiger partial charge in [0, 0.05) is 11.1 Å². The van der Waals surface area contributed by atoms with Crippen molar-refractivity contribution in [2.75, 3.05) is 0 Å². The third kappa shape index (κ3) is 3.69. The van der Waals surface area contributed by atoms with Gasteiger partial charge in [0.2, 0.25) is 11.7 Å². The summed E-state index contributed by atoms with van der Waals surface area (Å²) < 4.78 is 23.7. The average Bonchev–Trinajstić information content (AvgIpc) is 3.04. The Bertz CT molecular complexity index is 932. The van der Waals surface area contributed by atoms with Crippen LogP contribution < -0.4 is 0 Å². The number of Topliss-reactive ketones (excluding diaryl/α,β-unsaturated/α-hetero) is 1. The number of carbonyl (C=O) groups is 2. The second-order valence-electron chi connectivity index (χ2n) is 5.71. The van der Waals surface area contributed by atoms with Gasteiger partial charge in [0.25, 0.3) is 0 Å². The van der Waals surface area contributed by atoms with Gasteiger partial charge in [-0.2, -0.15) is 0 Å². The number of carbonyl (C=O) groups excluding carboxylic acids is 2. The van der Waals surface area contributed by atoms with Gasteiger partial charge in [-0.05, 0) is 50.2 Å². The summed E-state index contributed by atoms with van der Waals surface area (Å²) in [5, 5.41) is 0. The Balaban J connectivity index is 1.74. The number of hydrogen-bond acceptors (Lipinski definition) is 5. The van der Waals surface area contributed by atoms with E-state index in [0.29, 0.717) is 11.7 Å². The van der Waals surface area contributed by atoms with Crippen molar-refractivity contribution in [3.8, 4) is 11.5 Å². The number of benzene rings is 2. The van der Waals surface area contributed by atoms with E-state index in [0.717, 1.165) is 5.56 Å². The standard InChI is InChI=1S/C20H16FNO4/c1-12-17(22-19(25-12)15-6-4-3-5-7-15)20(24)26-13(2)18(23)14-8-10-16(21)11-9-14/h3-11,13H,1-2H3/t13-/m0/s1. The molecule has 6 heteroatoms. The number of aromatic nitrogens is 1. The largest absolute Gasteiger partial charge is 0.449 e. The molecule has 3 aromatic rings. The van der Waals surface area contributed by atoms with Crippen LogP contribution in [-0.4, -0.2) is 22.8 Å². The van der Waals surface area contributed by atoms with Crippen LogP contribution in [0.5, 0.6) is 0 Å². The number of aryl methyl sites for hydroxylation is 1. The Labute approximate surface area is 149 Å². The van der Waals surface area contributed by atoms with Crippen molar-refractivity contribution in [2.45, 2.75) is 20.0 Å². The number of esters is 1. The van der Waals surface area contributed by atoms with E-state index in [4.69, 9.17) is 9.15 Å². The normalized spacial score (nSPS) is 11.8. The minimum absolute atomic E-state index is 0.0163. The molecule has 1 aromatic heterocycles. The van der Waals surface area contributed by atoms with Crippen LogP contribution in [0.25, 0.3) is 11.5 Å². The molecule has 0 fully saturated rings. The minimum Gasteiger partial charge on any atom is -0.449 e. The van der Waals surface area contributed by atoms with Gasteiger partial charge in [0.05, 0.1) is 0 Å². The summed E-state index contributed by atoms with van der Waals surface area (Å²) in [6.07, 6.45) is -1.04. The van der Waals surface area contributed by atoms with Crippen molar-refractivity contribution in [3.63, 3.8) is 0 Å². The van der Waals surface area contributed by atoms with Crippen molar-refractivity contribution in [1.82, 2.24) is 4.98 Å². The van der Waals surface area contributed by atoms with Crippen molar-refractivity contribution in [1.29, 1.82) is 0 Å². The molecule has 0 radical (unpaired) electrons.